The van der Waals surface area contributed by atoms with E-state index in [1.54, 1.807) is 12.1 Å². The number of rotatable bonds is 4. The van der Waals surface area contributed by atoms with Gasteiger partial charge in [-0.3, -0.25) is 0 Å². The van der Waals surface area contributed by atoms with Gasteiger partial charge in [-0.2, -0.15) is 0 Å². The summed E-state index contributed by atoms with van der Waals surface area (Å²) in [6.07, 6.45) is -0.730. The van der Waals surface area contributed by atoms with Crippen LogP contribution in [-0.4, -0.2) is 11.7 Å². The van der Waals surface area contributed by atoms with Crippen LogP contribution in [0.3, 0.4) is 0 Å². The van der Waals surface area contributed by atoms with Crippen molar-refractivity contribution in [1.29, 1.82) is 0 Å². The zero-order valence-electron chi connectivity index (χ0n) is 10.9. The second-order valence-corrected chi connectivity index (χ2v) is 4.76. The average molecular weight is 259 g/mol. The van der Waals surface area contributed by atoms with Crippen LogP contribution in [0, 0.1) is 12.7 Å². The highest BCUT2D eigenvalue weighted by Crippen LogP contribution is 2.30. The summed E-state index contributed by atoms with van der Waals surface area (Å²) in [6.45, 7) is 2.23. The van der Waals surface area contributed by atoms with Crippen molar-refractivity contribution in [1.82, 2.24) is 0 Å². The van der Waals surface area contributed by atoms with E-state index in [2.05, 4.69) is 0 Å². The second-order valence-electron chi connectivity index (χ2n) is 4.76. The summed E-state index contributed by atoms with van der Waals surface area (Å²) in [6, 6.07) is 13.9. The fourth-order valence-corrected chi connectivity index (χ4v) is 2.27. The smallest absolute Gasteiger partial charge is 0.123 e. The summed E-state index contributed by atoms with van der Waals surface area (Å²) in [7, 11) is 0. The minimum atomic E-state index is -0.730. The van der Waals surface area contributed by atoms with Crippen LogP contribution in [0.5, 0.6) is 0 Å². The molecule has 0 aliphatic carbocycles. The zero-order valence-corrected chi connectivity index (χ0v) is 10.9. The predicted octanol–water partition coefficient (Wildman–Crippen LogP) is 2.91. The Bertz CT molecular complexity index is 556. The van der Waals surface area contributed by atoms with Gasteiger partial charge in [0.2, 0.25) is 0 Å². The number of nitrogens with two attached hydrogens (primary N) is 1. The fraction of sp³-hybridized carbons (Fsp3) is 0.250. The topological polar surface area (TPSA) is 46.2 Å². The van der Waals surface area contributed by atoms with Crippen molar-refractivity contribution in [3.05, 3.63) is 71.0 Å². The first-order valence-electron chi connectivity index (χ1n) is 6.32. The van der Waals surface area contributed by atoms with Crippen molar-refractivity contribution in [3.8, 4) is 0 Å². The summed E-state index contributed by atoms with van der Waals surface area (Å²) in [5, 5.41) is 10.4. The van der Waals surface area contributed by atoms with Gasteiger partial charge in [0.1, 0.15) is 5.82 Å². The van der Waals surface area contributed by atoms with Crippen LogP contribution >= 0.6 is 0 Å². The Morgan fingerprint density at radius 2 is 1.79 bits per heavy atom. The third kappa shape index (κ3) is 3.19. The molecule has 2 unspecified atom stereocenters. The number of benzene rings is 2. The molecule has 100 valence electrons. The summed E-state index contributed by atoms with van der Waals surface area (Å²) in [4.78, 5) is 0. The molecule has 0 saturated heterocycles. The Balaban J connectivity index is 2.31. The first-order valence-corrected chi connectivity index (χ1v) is 6.32. The highest BCUT2D eigenvalue weighted by Gasteiger charge is 2.21. The molecule has 2 aromatic carbocycles. The van der Waals surface area contributed by atoms with E-state index in [1.165, 1.54) is 12.1 Å². The molecule has 0 spiro atoms. The zero-order chi connectivity index (χ0) is 13.8. The molecule has 19 heavy (non-hydrogen) atoms. The van der Waals surface area contributed by atoms with Gasteiger partial charge < -0.3 is 10.8 Å². The predicted molar refractivity (Wildman–Crippen MR) is 74.3 cm³/mol. The highest BCUT2D eigenvalue weighted by molar-refractivity contribution is 5.29. The maximum Gasteiger partial charge on any atom is 0.123 e. The molecule has 0 aliphatic heterocycles. The second kappa shape index (κ2) is 5.95. The molecule has 0 heterocycles. The average Bonchev–Trinajstić information content (AvgIpc) is 2.39. The molecule has 2 aromatic rings. The summed E-state index contributed by atoms with van der Waals surface area (Å²) < 4.78 is 13.3. The molecule has 0 radical (unpaired) electrons. The molecule has 2 atom stereocenters. The van der Waals surface area contributed by atoms with E-state index >= 15 is 0 Å². The van der Waals surface area contributed by atoms with E-state index in [0.717, 1.165) is 16.7 Å². The van der Waals surface area contributed by atoms with E-state index < -0.39 is 6.10 Å². The van der Waals surface area contributed by atoms with Gasteiger partial charge in [0.25, 0.3) is 0 Å². The first kappa shape index (κ1) is 13.7. The maximum atomic E-state index is 13.3. The van der Waals surface area contributed by atoms with Crippen LogP contribution in [0.4, 0.5) is 4.39 Å². The molecule has 0 bridgehead atoms. The molecule has 0 amide bonds. The summed E-state index contributed by atoms with van der Waals surface area (Å²) in [5.74, 6) is -0.620. The number of hydrogen-bond donors (Lipinski definition) is 2. The van der Waals surface area contributed by atoms with Crippen molar-refractivity contribution < 1.29 is 9.50 Å². The Labute approximate surface area is 112 Å². The van der Waals surface area contributed by atoms with Crippen molar-refractivity contribution in [2.75, 3.05) is 6.54 Å². The SMILES string of the molecule is Cc1cccc(C(O)C(CN)c2cccc(F)c2)c1. The van der Waals surface area contributed by atoms with E-state index in [9.17, 15) is 9.50 Å². The van der Waals surface area contributed by atoms with Crippen molar-refractivity contribution in [3.63, 3.8) is 0 Å². The third-order valence-corrected chi connectivity index (χ3v) is 3.30. The molecule has 0 aromatic heterocycles. The van der Waals surface area contributed by atoms with Gasteiger partial charge >= 0.3 is 0 Å². The molecule has 0 aliphatic rings. The monoisotopic (exact) mass is 259 g/mol. The van der Waals surface area contributed by atoms with Crippen molar-refractivity contribution in [2.45, 2.75) is 18.9 Å². The minimum absolute atomic E-state index is 0.262. The summed E-state index contributed by atoms with van der Waals surface area (Å²) >= 11 is 0. The van der Waals surface area contributed by atoms with Gasteiger partial charge in [0.15, 0.2) is 0 Å². The van der Waals surface area contributed by atoms with Crippen LogP contribution in [0.1, 0.15) is 28.7 Å². The van der Waals surface area contributed by atoms with Gasteiger partial charge in [-0.15, -0.1) is 0 Å². The third-order valence-electron chi connectivity index (χ3n) is 3.30. The standard InChI is InChI=1S/C16H18FNO/c1-11-4-2-6-13(8-11)16(19)15(10-18)12-5-3-7-14(17)9-12/h2-9,15-16,19H,10,18H2,1H3. The maximum absolute atomic E-state index is 13.3. The lowest BCUT2D eigenvalue weighted by molar-refractivity contribution is 0.147. The Kier molecular flexibility index (Phi) is 4.30. The number of aliphatic hydroxyl groups excluding tert-OH is 1. The number of aryl methyl sites for hydroxylation is 1. The van der Waals surface area contributed by atoms with Gasteiger partial charge in [-0.25, -0.2) is 4.39 Å². The van der Waals surface area contributed by atoms with E-state index in [0.29, 0.717) is 0 Å². The normalized spacial score (nSPS) is 14.1. The molecule has 2 nitrogen and oxygen atoms in total. The number of hydrogen-bond acceptors (Lipinski definition) is 2. The lowest BCUT2D eigenvalue weighted by atomic mass is 9.89. The molecular formula is C16H18FNO. The van der Waals surface area contributed by atoms with Crippen LogP contribution < -0.4 is 5.73 Å². The minimum Gasteiger partial charge on any atom is -0.388 e. The lowest BCUT2D eigenvalue weighted by Gasteiger charge is -2.22. The van der Waals surface area contributed by atoms with E-state index in [4.69, 9.17) is 5.73 Å². The van der Waals surface area contributed by atoms with E-state index in [1.807, 2.05) is 31.2 Å². The van der Waals surface area contributed by atoms with Crippen molar-refractivity contribution in [2.24, 2.45) is 5.73 Å². The molecule has 2 rings (SSSR count). The van der Waals surface area contributed by atoms with Gasteiger partial charge in [0.05, 0.1) is 6.10 Å². The van der Waals surface area contributed by atoms with Crippen LogP contribution in [0.25, 0.3) is 0 Å². The van der Waals surface area contributed by atoms with Crippen LogP contribution in [0.2, 0.25) is 0 Å². The number of halogens is 1. The van der Waals surface area contributed by atoms with Gasteiger partial charge in [-0.05, 0) is 30.2 Å². The first-order chi connectivity index (χ1) is 9.11. The van der Waals surface area contributed by atoms with Crippen LogP contribution in [-0.2, 0) is 0 Å². The quantitative estimate of drug-likeness (QED) is 0.886. The Morgan fingerprint density at radius 3 is 2.42 bits per heavy atom. The highest BCUT2D eigenvalue weighted by atomic mass is 19.1. The molecule has 3 N–H and O–H groups in total. The van der Waals surface area contributed by atoms with Crippen molar-refractivity contribution >= 4 is 0 Å². The number of aliphatic hydroxyl groups is 1. The Morgan fingerprint density at radius 1 is 1.11 bits per heavy atom. The van der Waals surface area contributed by atoms with Crippen LogP contribution in [0.15, 0.2) is 48.5 Å². The Hall–Kier alpha value is -1.71. The molecule has 0 fully saturated rings. The summed E-state index contributed by atoms with van der Waals surface area (Å²) in [5.41, 5.74) is 8.35. The fourth-order valence-electron chi connectivity index (χ4n) is 2.27. The van der Waals surface area contributed by atoms with Gasteiger partial charge in [0, 0.05) is 12.5 Å². The van der Waals surface area contributed by atoms with Gasteiger partial charge in [-0.1, -0.05) is 42.0 Å². The molecule has 3 heteroatoms. The van der Waals surface area contributed by atoms with E-state index in [-0.39, 0.29) is 18.3 Å². The largest absolute Gasteiger partial charge is 0.388 e. The molecular weight excluding hydrogens is 241 g/mol. The molecule has 0 saturated carbocycles. The lowest BCUT2D eigenvalue weighted by Crippen LogP contribution is -2.20.